The number of nitrogens with one attached hydrogen (secondary N) is 2. The molecule has 0 aliphatic heterocycles. The van der Waals surface area contributed by atoms with E-state index in [0.717, 1.165) is 4.47 Å². The van der Waals surface area contributed by atoms with E-state index < -0.39 is 0 Å². The lowest BCUT2D eigenvalue weighted by Crippen LogP contribution is -2.11. The molecule has 4 N–H and O–H groups in total. The standard InChI is InChI=1S/C5H8BrN5/c1-8-4-3(6)2-9-5(10-4)11-7/h2H,7H2,1H3,(H2,8,9,10,11). The van der Waals surface area contributed by atoms with Crippen molar-refractivity contribution in [3.8, 4) is 0 Å². The molecule has 0 bridgehead atoms. The molecule has 11 heavy (non-hydrogen) atoms. The van der Waals surface area contributed by atoms with Crippen LogP contribution in [-0.4, -0.2) is 17.0 Å². The van der Waals surface area contributed by atoms with Crippen LogP contribution in [0.3, 0.4) is 0 Å². The summed E-state index contributed by atoms with van der Waals surface area (Å²) in [4.78, 5) is 7.88. The summed E-state index contributed by atoms with van der Waals surface area (Å²) in [6, 6.07) is 0. The number of nitrogens with two attached hydrogens (primary N) is 1. The van der Waals surface area contributed by atoms with Crippen molar-refractivity contribution in [3.05, 3.63) is 10.7 Å². The average molecular weight is 218 g/mol. The van der Waals surface area contributed by atoms with Crippen molar-refractivity contribution in [1.29, 1.82) is 0 Å². The van der Waals surface area contributed by atoms with E-state index in [1.807, 2.05) is 0 Å². The molecule has 0 aromatic carbocycles. The Kier molecular flexibility index (Phi) is 2.61. The molecule has 0 radical (unpaired) electrons. The van der Waals surface area contributed by atoms with Crippen molar-refractivity contribution in [3.63, 3.8) is 0 Å². The summed E-state index contributed by atoms with van der Waals surface area (Å²) in [5, 5.41) is 2.88. The summed E-state index contributed by atoms with van der Waals surface area (Å²) in [6.07, 6.45) is 1.62. The molecule has 1 rings (SSSR count). The molecule has 0 amide bonds. The zero-order valence-corrected chi connectivity index (χ0v) is 7.51. The van der Waals surface area contributed by atoms with Gasteiger partial charge >= 0.3 is 0 Å². The summed E-state index contributed by atoms with van der Waals surface area (Å²) < 4.78 is 0.805. The molecule has 5 nitrogen and oxygen atoms in total. The Hall–Kier alpha value is -0.880. The maximum Gasteiger partial charge on any atom is 0.239 e. The monoisotopic (exact) mass is 217 g/mol. The number of halogens is 1. The highest BCUT2D eigenvalue weighted by atomic mass is 79.9. The second-order valence-electron chi connectivity index (χ2n) is 1.78. The quantitative estimate of drug-likeness (QED) is 0.499. The van der Waals surface area contributed by atoms with Crippen molar-refractivity contribution in [2.45, 2.75) is 0 Å². The highest BCUT2D eigenvalue weighted by Crippen LogP contribution is 2.18. The van der Waals surface area contributed by atoms with Gasteiger partial charge in [0.1, 0.15) is 5.82 Å². The fourth-order valence-electron chi connectivity index (χ4n) is 0.612. The Morgan fingerprint density at radius 1 is 1.64 bits per heavy atom. The molecule has 0 aliphatic carbocycles. The van der Waals surface area contributed by atoms with E-state index >= 15 is 0 Å². The molecule has 0 atom stereocenters. The first-order valence-electron chi connectivity index (χ1n) is 2.95. The van der Waals surface area contributed by atoms with Crippen LogP contribution in [0.4, 0.5) is 11.8 Å². The molecule has 0 unspecified atom stereocenters. The first-order chi connectivity index (χ1) is 5.27. The van der Waals surface area contributed by atoms with Gasteiger partial charge in [-0.25, -0.2) is 10.8 Å². The number of anilines is 2. The summed E-state index contributed by atoms with van der Waals surface area (Å²) >= 11 is 3.26. The van der Waals surface area contributed by atoms with E-state index in [2.05, 4.69) is 36.6 Å². The third-order valence-corrected chi connectivity index (χ3v) is 1.69. The highest BCUT2D eigenvalue weighted by molar-refractivity contribution is 9.10. The lowest BCUT2D eigenvalue weighted by atomic mass is 10.6. The van der Waals surface area contributed by atoms with Crippen molar-refractivity contribution in [2.75, 3.05) is 17.8 Å². The van der Waals surface area contributed by atoms with Gasteiger partial charge in [0, 0.05) is 13.2 Å². The zero-order chi connectivity index (χ0) is 8.27. The fraction of sp³-hybridized carbons (Fsp3) is 0.200. The van der Waals surface area contributed by atoms with Crippen LogP contribution in [0, 0.1) is 0 Å². The molecule has 0 aliphatic rings. The number of hydrogen-bond acceptors (Lipinski definition) is 5. The number of nitrogen functional groups attached to an aromatic ring is 1. The van der Waals surface area contributed by atoms with Crippen LogP contribution in [0.1, 0.15) is 0 Å². The molecule has 1 aromatic rings. The van der Waals surface area contributed by atoms with E-state index in [-0.39, 0.29) is 0 Å². The van der Waals surface area contributed by atoms with Gasteiger partial charge in [0.2, 0.25) is 5.95 Å². The fourth-order valence-corrected chi connectivity index (χ4v) is 1.00. The third kappa shape index (κ3) is 1.78. The van der Waals surface area contributed by atoms with Gasteiger partial charge < -0.3 is 5.32 Å². The van der Waals surface area contributed by atoms with Gasteiger partial charge in [0.15, 0.2) is 0 Å². The minimum atomic E-state index is 0.387. The van der Waals surface area contributed by atoms with Gasteiger partial charge in [-0.15, -0.1) is 0 Å². The van der Waals surface area contributed by atoms with Gasteiger partial charge in [0.05, 0.1) is 4.47 Å². The van der Waals surface area contributed by atoms with E-state index in [9.17, 15) is 0 Å². The van der Waals surface area contributed by atoms with Gasteiger partial charge in [0.25, 0.3) is 0 Å². The van der Waals surface area contributed by atoms with E-state index in [1.165, 1.54) is 0 Å². The molecule has 1 heterocycles. The predicted molar refractivity (Wildman–Crippen MR) is 47.1 cm³/mol. The average Bonchev–Trinajstić information content (AvgIpc) is 2.05. The maximum atomic E-state index is 5.11. The summed E-state index contributed by atoms with van der Waals surface area (Å²) in [6.45, 7) is 0. The molecule has 6 heteroatoms. The van der Waals surface area contributed by atoms with Crippen LogP contribution < -0.4 is 16.6 Å². The maximum absolute atomic E-state index is 5.11. The molecule has 0 saturated carbocycles. The number of hydrazine groups is 1. The lowest BCUT2D eigenvalue weighted by molar-refractivity contribution is 1.10. The van der Waals surface area contributed by atoms with Crippen LogP contribution in [0.15, 0.2) is 10.7 Å². The van der Waals surface area contributed by atoms with Crippen LogP contribution in [0.5, 0.6) is 0 Å². The Balaban J connectivity index is 3.02. The number of aromatic nitrogens is 2. The SMILES string of the molecule is CNc1nc(NN)ncc1Br. The van der Waals surface area contributed by atoms with Crippen LogP contribution in [-0.2, 0) is 0 Å². The topological polar surface area (TPSA) is 75.9 Å². The minimum absolute atomic E-state index is 0.387. The normalized spacial score (nSPS) is 9.36. The van der Waals surface area contributed by atoms with E-state index in [1.54, 1.807) is 13.2 Å². The summed E-state index contributed by atoms with van der Waals surface area (Å²) in [7, 11) is 1.77. The Morgan fingerprint density at radius 3 is 2.91 bits per heavy atom. The van der Waals surface area contributed by atoms with Crippen LogP contribution in [0.2, 0.25) is 0 Å². The number of nitrogens with zero attached hydrogens (tertiary/aromatic N) is 2. The first-order valence-corrected chi connectivity index (χ1v) is 3.74. The van der Waals surface area contributed by atoms with Crippen LogP contribution in [0.25, 0.3) is 0 Å². The number of hydrogen-bond donors (Lipinski definition) is 3. The Bertz CT molecular complexity index is 251. The highest BCUT2D eigenvalue weighted by Gasteiger charge is 2.00. The Labute approximate surface area is 72.5 Å². The molecule has 0 fully saturated rings. The van der Waals surface area contributed by atoms with Gasteiger partial charge in [-0.2, -0.15) is 4.98 Å². The third-order valence-electron chi connectivity index (χ3n) is 1.11. The molecule has 1 aromatic heterocycles. The molecule has 0 spiro atoms. The summed E-state index contributed by atoms with van der Waals surface area (Å²) in [5.74, 6) is 6.19. The van der Waals surface area contributed by atoms with Crippen molar-refractivity contribution in [1.82, 2.24) is 9.97 Å². The lowest BCUT2D eigenvalue weighted by Gasteiger charge is -2.03. The molecule has 60 valence electrons. The Morgan fingerprint density at radius 2 is 2.36 bits per heavy atom. The van der Waals surface area contributed by atoms with Crippen molar-refractivity contribution < 1.29 is 0 Å². The first kappa shape index (κ1) is 8.22. The second-order valence-corrected chi connectivity index (χ2v) is 2.64. The van der Waals surface area contributed by atoms with Gasteiger partial charge in [-0.05, 0) is 15.9 Å². The molecule has 0 saturated heterocycles. The van der Waals surface area contributed by atoms with Crippen LogP contribution >= 0.6 is 15.9 Å². The summed E-state index contributed by atoms with van der Waals surface area (Å²) in [5.41, 5.74) is 2.35. The van der Waals surface area contributed by atoms with Gasteiger partial charge in [-0.3, -0.25) is 5.43 Å². The molecular weight excluding hydrogens is 210 g/mol. The predicted octanol–water partition coefficient (Wildman–Crippen LogP) is 0.566. The van der Waals surface area contributed by atoms with Gasteiger partial charge in [-0.1, -0.05) is 0 Å². The number of rotatable bonds is 2. The van der Waals surface area contributed by atoms with Crippen molar-refractivity contribution in [2.24, 2.45) is 5.84 Å². The second kappa shape index (κ2) is 3.49. The zero-order valence-electron chi connectivity index (χ0n) is 5.93. The van der Waals surface area contributed by atoms with E-state index in [4.69, 9.17) is 5.84 Å². The largest absolute Gasteiger partial charge is 0.372 e. The minimum Gasteiger partial charge on any atom is -0.372 e. The smallest absolute Gasteiger partial charge is 0.239 e. The van der Waals surface area contributed by atoms with E-state index in [0.29, 0.717) is 11.8 Å². The molecular formula is C5H8BrN5. The van der Waals surface area contributed by atoms with Crippen molar-refractivity contribution >= 4 is 27.7 Å².